The molecule has 3 heteroatoms. The quantitative estimate of drug-likeness (QED) is 0.903. The van der Waals surface area contributed by atoms with E-state index in [1.165, 1.54) is 22.9 Å². The molecule has 106 valence electrons. The normalized spacial score (nSPS) is 22.4. The molecule has 0 aromatic heterocycles. The molecule has 0 amide bonds. The van der Waals surface area contributed by atoms with Gasteiger partial charge in [-0.3, -0.25) is 4.90 Å². The number of likely N-dealkylation sites (tertiary alicyclic amines) is 1. The third kappa shape index (κ3) is 3.04. The molecule has 0 radical (unpaired) electrons. The van der Waals surface area contributed by atoms with Gasteiger partial charge in [-0.05, 0) is 51.3 Å². The predicted molar refractivity (Wildman–Crippen MR) is 85.2 cm³/mol. The summed E-state index contributed by atoms with van der Waals surface area (Å²) in [5.41, 5.74) is 8.03. The second-order valence-electron chi connectivity index (χ2n) is 6.15. The number of rotatable bonds is 4. The van der Waals surface area contributed by atoms with E-state index in [2.05, 4.69) is 65.9 Å². The summed E-state index contributed by atoms with van der Waals surface area (Å²) in [6, 6.07) is 8.98. The smallest absolute Gasteiger partial charge is 0.0515 e. The van der Waals surface area contributed by atoms with Crippen molar-refractivity contribution < 1.29 is 0 Å². The van der Waals surface area contributed by atoms with Crippen LogP contribution in [0.5, 0.6) is 0 Å². The van der Waals surface area contributed by atoms with Crippen molar-refractivity contribution in [3.8, 4) is 0 Å². The Morgan fingerprint density at radius 3 is 2.58 bits per heavy atom. The monoisotopic (exact) mass is 324 g/mol. The van der Waals surface area contributed by atoms with Gasteiger partial charge < -0.3 is 5.73 Å². The molecule has 0 aliphatic carbocycles. The van der Waals surface area contributed by atoms with Gasteiger partial charge in [-0.25, -0.2) is 0 Å². The Hall–Kier alpha value is -0.380. The number of hydrogen-bond acceptors (Lipinski definition) is 2. The first-order valence-corrected chi connectivity index (χ1v) is 8.03. The Kier molecular flexibility index (Phi) is 4.70. The van der Waals surface area contributed by atoms with Crippen LogP contribution in [0.15, 0.2) is 28.7 Å². The Morgan fingerprint density at radius 2 is 2.05 bits per heavy atom. The summed E-state index contributed by atoms with van der Waals surface area (Å²) in [6.07, 6.45) is 3.52. The highest BCUT2D eigenvalue weighted by molar-refractivity contribution is 9.10. The minimum absolute atomic E-state index is 0.177. The van der Waals surface area contributed by atoms with Crippen molar-refractivity contribution in [2.45, 2.75) is 57.7 Å². The zero-order chi connectivity index (χ0) is 14.0. The van der Waals surface area contributed by atoms with Crippen LogP contribution in [0, 0.1) is 0 Å². The maximum atomic E-state index is 6.46. The van der Waals surface area contributed by atoms with Crippen molar-refractivity contribution in [2.75, 3.05) is 6.54 Å². The van der Waals surface area contributed by atoms with Gasteiger partial charge in [-0.1, -0.05) is 41.1 Å². The van der Waals surface area contributed by atoms with Crippen LogP contribution in [0.25, 0.3) is 0 Å². The number of benzene rings is 1. The molecule has 1 aromatic rings. The van der Waals surface area contributed by atoms with Crippen LogP contribution in [0.2, 0.25) is 0 Å². The molecule has 0 spiro atoms. The Morgan fingerprint density at radius 1 is 1.37 bits per heavy atom. The van der Waals surface area contributed by atoms with Gasteiger partial charge >= 0.3 is 0 Å². The van der Waals surface area contributed by atoms with Gasteiger partial charge in [0.25, 0.3) is 0 Å². The number of hydrogen-bond donors (Lipinski definition) is 1. The van der Waals surface area contributed by atoms with E-state index in [1.54, 1.807) is 0 Å². The van der Waals surface area contributed by atoms with E-state index in [1.807, 2.05) is 0 Å². The average molecular weight is 325 g/mol. The topological polar surface area (TPSA) is 29.3 Å². The lowest BCUT2D eigenvalue weighted by molar-refractivity contribution is 0.0961. The first-order chi connectivity index (χ1) is 8.97. The molecule has 1 heterocycles. The fraction of sp³-hybridized carbons (Fsp3) is 0.625. The zero-order valence-electron chi connectivity index (χ0n) is 12.2. The van der Waals surface area contributed by atoms with E-state index in [9.17, 15) is 0 Å². The third-order valence-corrected chi connectivity index (χ3v) is 5.12. The molecule has 2 atom stereocenters. The molecule has 2 rings (SSSR count). The van der Waals surface area contributed by atoms with Gasteiger partial charge in [0.1, 0.15) is 0 Å². The highest BCUT2D eigenvalue weighted by Crippen LogP contribution is 2.40. The molecule has 1 fully saturated rings. The van der Waals surface area contributed by atoms with E-state index in [0.29, 0.717) is 6.04 Å². The van der Waals surface area contributed by atoms with Gasteiger partial charge in [-0.2, -0.15) is 0 Å². The number of nitrogens with zero attached hydrogens (tertiary/aromatic N) is 1. The van der Waals surface area contributed by atoms with E-state index < -0.39 is 0 Å². The van der Waals surface area contributed by atoms with Crippen molar-refractivity contribution in [1.29, 1.82) is 0 Å². The molecule has 1 saturated heterocycles. The summed E-state index contributed by atoms with van der Waals surface area (Å²) in [5.74, 6) is 0. The lowest BCUT2D eigenvalue weighted by atomic mass is 9.92. The molecule has 1 aliphatic heterocycles. The van der Waals surface area contributed by atoms with Crippen LogP contribution in [-0.4, -0.2) is 23.0 Å². The lowest BCUT2D eigenvalue weighted by Gasteiger charge is -2.41. The second kappa shape index (κ2) is 5.94. The maximum Gasteiger partial charge on any atom is 0.0515 e. The third-order valence-electron chi connectivity index (χ3n) is 4.40. The highest BCUT2D eigenvalue weighted by atomic mass is 79.9. The summed E-state index contributed by atoms with van der Waals surface area (Å²) in [6.45, 7) is 8.00. The summed E-state index contributed by atoms with van der Waals surface area (Å²) in [4.78, 5) is 2.60. The summed E-state index contributed by atoms with van der Waals surface area (Å²) >= 11 is 3.70. The van der Waals surface area contributed by atoms with Gasteiger partial charge in [0.2, 0.25) is 0 Å². The fourth-order valence-corrected chi connectivity index (χ4v) is 3.73. The van der Waals surface area contributed by atoms with Crippen LogP contribution in [0.1, 0.15) is 51.6 Å². The summed E-state index contributed by atoms with van der Waals surface area (Å²) < 4.78 is 1.17. The molecule has 2 nitrogen and oxygen atoms in total. The van der Waals surface area contributed by atoms with E-state index >= 15 is 0 Å². The van der Waals surface area contributed by atoms with Crippen LogP contribution < -0.4 is 5.73 Å². The highest BCUT2D eigenvalue weighted by Gasteiger charge is 2.39. The van der Waals surface area contributed by atoms with E-state index in [-0.39, 0.29) is 11.6 Å². The van der Waals surface area contributed by atoms with Gasteiger partial charge in [0.15, 0.2) is 0 Å². The summed E-state index contributed by atoms with van der Waals surface area (Å²) in [7, 11) is 0. The van der Waals surface area contributed by atoms with E-state index in [4.69, 9.17) is 5.73 Å². The Labute approximate surface area is 125 Å². The van der Waals surface area contributed by atoms with E-state index in [0.717, 1.165) is 13.0 Å². The van der Waals surface area contributed by atoms with Gasteiger partial charge in [0.05, 0.1) is 6.04 Å². The molecular formula is C16H25BrN2. The molecule has 19 heavy (non-hydrogen) atoms. The average Bonchev–Trinajstić information content (AvgIpc) is 2.72. The van der Waals surface area contributed by atoms with Crippen LogP contribution >= 0.6 is 15.9 Å². The van der Waals surface area contributed by atoms with Crippen LogP contribution in [-0.2, 0) is 0 Å². The minimum Gasteiger partial charge on any atom is -0.326 e. The molecule has 1 aliphatic rings. The van der Waals surface area contributed by atoms with Crippen molar-refractivity contribution in [2.24, 2.45) is 5.73 Å². The molecule has 1 aromatic carbocycles. The first-order valence-electron chi connectivity index (χ1n) is 7.24. The maximum absolute atomic E-state index is 6.46. The first kappa shape index (κ1) is 15.0. The minimum atomic E-state index is 0.177. The van der Waals surface area contributed by atoms with Crippen LogP contribution in [0.4, 0.5) is 0 Å². The standard InChI is InChI=1S/C16H25BrN2/c1-4-14(18)15(12-8-5-6-9-13(12)17)19-11-7-10-16(19,2)3/h5-6,8-9,14-15H,4,7,10-11,18H2,1-3H3. The zero-order valence-corrected chi connectivity index (χ0v) is 13.8. The van der Waals surface area contributed by atoms with Crippen molar-refractivity contribution in [3.05, 3.63) is 34.3 Å². The SMILES string of the molecule is CCC(N)C(c1ccccc1Br)N1CCCC1(C)C. The molecular weight excluding hydrogens is 300 g/mol. The molecule has 2 N–H and O–H groups in total. The van der Waals surface area contributed by atoms with Crippen molar-refractivity contribution >= 4 is 15.9 Å². The second-order valence-corrected chi connectivity index (χ2v) is 7.00. The lowest BCUT2D eigenvalue weighted by Crippen LogP contribution is -2.47. The molecule has 0 saturated carbocycles. The predicted octanol–water partition coefficient (Wildman–Crippen LogP) is 4.10. The fourth-order valence-electron chi connectivity index (χ4n) is 3.21. The van der Waals surface area contributed by atoms with Crippen LogP contribution in [0.3, 0.4) is 0 Å². The Bertz CT molecular complexity index is 431. The number of halogens is 1. The number of nitrogens with two attached hydrogens (primary N) is 1. The Balaban J connectivity index is 2.40. The molecule has 0 bridgehead atoms. The van der Waals surface area contributed by atoms with Crippen molar-refractivity contribution in [3.63, 3.8) is 0 Å². The largest absolute Gasteiger partial charge is 0.326 e. The van der Waals surface area contributed by atoms with Gasteiger partial charge in [0, 0.05) is 16.1 Å². The summed E-state index contributed by atoms with van der Waals surface area (Å²) in [5, 5.41) is 0. The van der Waals surface area contributed by atoms with Crippen molar-refractivity contribution in [1.82, 2.24) is 4.90 Å². The molecule has 2 unspecified atom stereocenters. The van der Waals surface area contributed by atoms with Gasteiger partial charge in [-0.15, -0.1) is 0 Å².